The first-order chi connectivity index (χ1) is 14.1. The molecule has 9 heteroatoms. The molecule has 3 amide bonds. The maximum Gasteiger partial charge on any atom is 0.325 e. The summed E-state index contributed by atoms with van der Waals surface area (Å²) in [6.07, 6.45) is 5.89. The molecule has 1 N–H and O–H groups in total. The molecule has 1 aromatic rings. The molecule has 8 nitrogen and oxygen atoms in total. The van der Waals surface area contributed by atoms with Gasteiger partial charge in [0.2, 0.25) is 10.0 Å². The molecule has 0 radical (unpaired) electrons. The molecule has 30 heavy (non-hydrogen) atoms. The highest BCUT2D eigenvalue weighted by Gasteiger charge is 2.55. The van der Waals surface area contributed by atoms with E-state index >= 15 is 0 Å². The van der Waals surface area contributed by atoms with E-state index in [1.165, 1.54) is 10.6 Å². The van der Waals surface area contributed by atoms with Crippen LogP contribution in [0.5, 0.6) is 0 Å². The van der Waals surface area contributed by atoms with E-state index < -0.39 is 21.6 Å². The minimum absolute atomic E-state index is 0.0357. The third kappa shape index (κ3) is 3.38. The Hall–Kier alpha value is -2.42. The van der Waals surface area contributed by atoms with Crippen LogP contribution in [0.25, 0.3) is 0 Å². The van der Waals surface area contributed by atoms with Crippen molar-refractivity contribution < 1.29 is 22.8 Å². The van der Waals surface area contributed by atoms with Crippen LogP contribution in [-0.4, -0.2) is 55.9 Å². The summed E-state index contributed by atoms with van der Waals surface area (Å²) in [5.74, 6) is -0.610. The molecule has 2 heterocycles. The van der Waals surface area contributed by atoms with Crippen molar-refractivity contribution in [1.82, 2.24) is 10.2 Å². The van der Waals surface area contributed by atoms with E-state index in [0.717, 1.165) is 29.7 Å². The SMILES string of the molecule is C[C@H]1CCCC[C@@]12NC(=O)N(CC(=O)c1ccc3c(c1)CCCN3S(C)(=O)=O)C2=O. The lowest BCUT2D eigenvalue weighted by molar-refractivity contribution is -0.133. The number of fused-ring (bicyclic) bond motifs is 1. The van der Waals surface area contributed by atoms with E-state index in [4.69, 9.17) is 0 Å². The minimum atomic E-state index is -3.38. The summed E-state index contributed by atoms with van der Waals surface area (Å²) in [6.45, 7) is 2.08. The van der Waals surface area contributed by atoms with Crippen LogP contribution < -0.4 is 9.62 Å². The van der Waals surface area contributed by atoms with Crippen molar-refractivity contribution in [3.63, 3.8) is 0 Å². The lowest BCUT2D eigenvalue weighted by Gasteiger charge is -2.36. The number of carbonyl (C=O) groups excluding carboxylic acids is 3. The average Bonchev–Trinajstić information content (AvgIpc) is 2.93. The number of benzene rings is 1. The maximum atomic E-state index is 13.1. The molecular weight excluding hydrogens is 406 g/mol. The Balaban J connectivity index is 1.55. The number of Topliss-reactive ketones (excluding diaryl/α,β-unsaturated/α-hetero) is 1. The topological polar surface area (TPSA) is 104 Å². The van der Waals surface area contributed by atoms with Gasteiger partial charge in [-0.15, -0.1) is 0 Å². The number of amides is 3. The van der Waals surface area contributed by atoms with Crippen LogP contribution in [0.1, 0.15) is 54.9 Å². The van der Waals surface area contributed by atoms with Gasteiger partial charge in [-0.3, -0.25) is 18.8 Å². The number of urea groups is 1. The highest BCUT2D eigenvalue weighted by atomic mass is 32.2. The van der Waals surface area contributed by atoms with E-state index in [0.29, 0.717) is 37.1 Å². The summed E-state index contributed by atoms with van der Waals surface area (Å²) in [6, 6.07) is 4.39. The smallest absolute Gasteiger partial charge is 0.323 e. The summed E-state index contributed by atoms with van der Waals surface area (Å²) in [5.41, 5.74) is 0.862. The van der Waals surface area contributed by atoms with Crippen LogP contribution in [0, 0.1) is 5.92 Å². The van der Waals surface area contributed by atoms with Gasteiger partial charge in [-0.1, -0.05) is 19.8 Å². The molecule has 4 rings (SSSR count). The fourth-order valence-electron chi connectivity index (χ4n) is 4.95. The van der Waals surface area contributed by atoms with Crippen LogP contribution in [0.3, 0.4) is 0 Å². The summed E-state index contributed by atoms with van der Waals surface area (Å²) >= 11 is 0. The van der Waals surface area contributed by atoms with Crippen LogP contribution >= 0.6 is 0 Å². The Labute approximate surface area is 176 Å². The normalized spacial score (nSPS) is 26.7. The van der Waals surface area contributed by atoms with Crippen molar-refractivity contribution in [3.8, 4) is 0 Å². The fraction of sp³-hybridized carbons (Fsp3) is 0.571. The lowest BCUT2D eigenvalue weighted by Crippen LogP contribution is -2.54. The second-order valence-electron chi connectivity index (χ2n) is 8.64. The maximum absolute atomic E-state index is 13.1. The Kier molecular flexibility index (Phi) is 5.12. The van der Waals surface area contributed by atoms with E-state index in [1.54, 1.807) is 18.2 Å². The van der Waals surface area contributed by atoms with Crippen molar-refractivity contribution in [2.24, 2.45) is 5.92 Å². The van der Waals surface area contributed by atoms with Gasteiger partial charge < -0.3 is 5.32 Å². The number of hydrogen-bond donors (Lipinski definition) is 1. The average molecular weight is 434 g/mol. The van der Waals surface area contributed by atoms with E-state index in [2.05, 4.69) is 5.32 Å². The molecule has 2 fully saturated rings. The van der Waals surface area contributed by atoms with Gasteiger partial charge in [-0.05, 0) is 55.4 Å². The van der Waals surface area contributed by atoms with Crippen molar-refractivity contribution in [2.45, 2.75) is 51.0 Å². The first-order valence-electron chi connectivity index (χ1n) is 10.4. The number of nitrogens with one attached hydrogen (secondary N) is 1. The summed E-state index contributed by atoms with van der Waals surface area (Å²) in [7, 11) is -3.38. The van der Waals surface area contributed by atoms with Gasteiger partial charge in [-0.2, -0.15) is 0 Å². The molecule has 1 saturated carbocycles. The Bertz CT molecular complexity index is 1020. The highest BCUT2D eigenvalue weighted by molar-refractivity contribution is 7.92. The Morgan fingerprint density at radius 3 is 2.70 bits per heavy atom. The molecule has 1 saturated heterocycles. The van der Waals surface area contributed by atoms with Crippen LogP contribution in [0.2, 0.25) is 0 Å². The van der Waals surface area contributed by atoms with Gasteiger partial charge in [0, 0.05) is 12.1 Å². The van der Waals surface area contributed by atoms with E-state index in [9.17, 15) is 22.8 Å². The predicted octanol–water partition coefficient (Wildman–Crippen LogP) is 2.08. The number of sulfonamides is 1. The number of rotatable bonds is 4. The number of aryl methyl sites for hydroxylation is 1. The zero-order valence-electron chi connectivity index (χ0n) is 17.3. The van der Waals surface area contributed by atoms with Gasteiger partial charge in [0.1, 0.15) is 5.54 Å². The quantitative estimate of drug-likeness (QED) is 0.578. The lowest BCUT2D eigenvalue weighted by atomic mass is 9.73. The summed E-state index contributed by atoms with van der Waals surface area (Å²) < 4.78 is 25.4. The molecule has 2 atom stereocenters. The van der Waals surface area contributed by atoms with E-state index in [1.807, 2.05) is 6.92 Å². The molecule has 0 unspecified atom stereocenters. The third-order valence-corrected chi connectivity index (χ3v) is 7.86. The minimum Gasteiger partial charge on any atom is -0.323 e. The van der Waals surface area contributed by atoms with Crippen molar-refractivity contribution in [1.29, 1.82) is 0 Å². The zero-order valence-corrected chi connectivity index (χ0v) is 18.1. The number of imide groups is 1. The summed E-state index contributed by atoms with van der Waals surface area (Å²) in [4.78, 5) is 39.5. The first kappa shape index (κ1) is 20.8. The van der Waals surface area contributed by atoms with Crippen LogP contribution in [-0.2, 0) is 21.2 Å². The molecule has 0 aromatic heterocycles. The number of nitrogens with zero attached hydrogens (tertiary/aromatic N) is 2. The highest BCUT2D eigenvalue weighted by Crippen LogP contribution is 2.38. The van der Waals surface area contributed by atoms with Gasteiger partial charge in [0.25, 0.3) is 5.91 Å². The molecule has 3 aliphatic rings. The van der Waals surface area contributed by atoms with Gasteiger partial charge in [-0.25, -0.2) is 13.2 Å². The number of hydrogen-bond acceptors (Lipinski definition) is 5. The van der Waals surface area contributed by atoms with Gasteiger partial charge >= 0.3 is 6.03 Å². The molecule has 1 spiro atoms. The number of ketones is 1. The molecule has 162 valence electrons. The Morgan fingerprint density at radius 1 is 1.23 bits per heavy atom. The van der Waals surface area contributed by atoms with Gasteiger partial charge in [0.05, 0.1) is 18.5 Å². The van der Waals surface area contributed by atoms with Crippen LogP contribution in [0.15, 0.2) is 18.2 Å². The van der Waals surface area contributed by atoms with E-state index in [-0.39, 0.29) is 24.2 Å². The summed E-state index contributed by atoms with van der Waals surface area (Å²) in [5, 5.41) is 2.86. The van der Waals surface area contributed by atoms with Crippen molar-refractivity contribution in [2.75, 3.05) is 23.7 Å². The third-order valence-electron chi connectivity index (χ3n) is 6.68. The van der Waals surface area contributed by atoms with Crippen molar-refractivity contribution >= 4 is 33.4 Å². The van der Waals surface area contributed by atoms with Crippen molar-refractivity contribution in [3.05, 3.63) is 29.3 Å². The largest absolute Gasteiger partial charge is 0.325 e. The van der Waals surface area contributed by atoms with Crippen LogP contribution in [0.4, 0.5) is 10.5 Å². The Morgan fingerprint density at radius 2 is 2.00 bits per heavy atom. The molecule has 1 aromatic carbocycles. The predicted molar refractivity (Wildman–Crippen MR) is 112 cm³/mol. The second-order valence-corrected chi connectivity index (χ2v) is 10.6. The number of anilines is 1. The molecule has 1 aliphatic carbocycles. The monoisotopic (exact) mass is 433 g/mol. The molecule has 2 aliphatic heterocycles. The number of carbonyl (C=O) groups is 3. The molecular formula is C21H27N3O5S. The molecule has 0 bridgehead atoms. The fourth-order valence-corrected chi connectivity index (χ4v) is 5.95. The second kappa shape index (κ2) is 7.37. The van der Waals surface area contributed by atoms with Gasteiger partial charge in [0.15, 0.2) is 5.78 Å². The zero-order chi connectivity index (χ0) is 21.7. The first-order valence-corrected chi connectivity index (χ1v) is 12.3. The standard InChI is InChI=1S/C21H27N3O5S/c1-14-6-3-4-10-21(14)19(26)23(20(27)22-21)13-18(25)16-8-9-17-15(12-16)7-5-11-24(17)30(2,28)29/h8-9,12,14H,3-7,10-11,13H2,1-2H3,(H,22,27)/t14-,21+/m0/s1.